The lowest BCUT2D eigenvalue weighted by Crippen LogP contribution is -2.46. The summed E-state index contributed by atoms with van der Waals surface area (Å²) in [6.45, 7) is 4.36. The number of nitrogens with zero attached hydrogens (tertiary/aromatic N) is 1. The Kier molecular flexibility index (Phi) is 3.23. The number of amides is 1. The molecule has 1 aromatic carbocycles. The van der Waals surface area contributed by atoms with Crippen molar-refractivity contribution in [1.82, 2.24) is 0 Å². The van der Waals surface area contributed by atoms with Gasteiger partial charge in [0.1, 0.15) is 6.04 Å². The number of carbonyl (C=O) groups excluding carboxylic acids is 1. The lowest BCUT2D eigenvalue weighted by Gasteiger charge is -2.34. The fourth-order valence-corrected chi connectivity index (χ4v) is 2.17. The maximum atomic E-state index is 12.1. The summed E-state index contributed by atoms with van der Waals surface area (Å²) < 4.78 is 0. The average molecular weight is 248 g/mol. The minimum atomic E-state index is -0.987. The smallest absolute Gasteiger partial charge is 0.335 e. The van der Waals surface area contributed by atoms with E-state index < -0.39 is 5.97 Å². The van der Waals surface area contributed by atoms with E-state index in [0.717, 1.165) is 5.69 Å². The molecule has 18 heavy (non-hydrogen) atoms. The van der Waals surface area contributed by atoms with Crippen molar-refractivity contribution in [2.24, 2.45) is 0 Å². The average Bonchev–Trinajstić information content (AvgIpc) is 2.37. The first-order chi connectivity index (χ1) is 8.58. The van der Waals surface area contributed by atoms with Crippen molar-refractivity contribution in [1.29, 1.82) is 0 Å². The van der Waals surface area contributed by atoms with E-state index in [1.807, 2.05) is 13.8 Å². The van der Waals surface area contributed by atoms with Gasteiger partial charge in [-0.1, -0.05) is 6.92 Å². The van der Waals surface area contributed by atoms with Gasteiger partial charge in [0.05, 0.1) is 16.9 Å². The van der Waals surface area contributed by atoms with E-state index in [1.54, 1.807) is 17.0 Å². The highest BCUT2D eigenvalue weighted by atomic mass is 16.4. The molecular formula is C13H16N2O3. The van der Waals surface area contributed by atoms with Crippen LogP contribution in [0.3, 0.4) is 0 Å². The molecule has 5 nitrogen and oxygen atoms in total. The molecule has 0 spiro atoms. The summed E-state index contributed by atoms with van der Waals surface area (Å²) >= 11 is 0. The molecule has 1 atom stereocenters. The fraction of sp³-hybridized carbons (Fsp3) is 0.385. The van der Waals surface area contributed by atoms with E-state index in [0.29, 0.717) is 18.7 Å². The molecule has 0 radical (unpaired) electrons. The molecule has 0 saturated carbocycles. The number of rotatable bonds is 3. The third-order valence-electron chi connectivity index (χ3n) is 3.15. The number of nitrogens with one attached hydrogen (secondary N) is 1. The predicted octanol–water partition coefficient (Wildman–Crippen LogP) is 1.94. The highest BCUT2D eigenvalue weighted by Gasteiger charge is 2.30. The fourth-order valence-electron chi connectivity index (χ4n) is 2.17. The Balaban J connectivity index is 2.49. The van der Waals surface area contributed by atoms with Crippen LogP contribution in [0.4, 0.5) is 11.4 Å². The van der Waals surface area contributed by atoms with Crippen molar-refractivity contribution in [3.63, 3.8) is 0 Å². The number of anilines is 2. The van der Waals surface area contributed by atoms with E-state index in [9.17, 15) is 9.59 Å². The first kappa shape index (κ1) is 12.4. The molecule has 1 aliphatic heterocycles. The molecule has 96 valence electrons. The van der Waals surface area contributed by atoms with Crippen molar-refractivity contribution in [2.45, 2.75) is 26.3 Å². The van der Waals surface area contributed by atoms with Crippen molar-refractivity contribution in [3.05, 3.63) is 23.8 Å². The van der Waals surface area contributed by atoms with E-state index >= 15 is 0 Å². The molecular weight excluding hydrogens is 232 g/mol. The number of hydrogen-bond acceptors (Lipinski definition) is 3. The Morgan fingerprint density at radius 2 is 2.17 bits per heavy atom. The second-order valence-corrected chi connectivity index (χ2v) is 4.22. The van der Waals surface area contributed by atoms with E-state index in [4.69, 9.17) is 5.11 Å². The zero-order valence-corrected chi connectivity index (χ0v) is 10.4. The zero-order chi connectivity index (χ0) is 13.3. The maximum Gasteiger partial charge on any atom is 0.335 e. The first-order valence-corrected chi connectivity index (χ1v) is 6.03. The highest BCUT2D eigenvalue weighted by molar-refractivity contribution is 6.06. The second kappa shape index (κ2) is 4.68. The van der Waals surface area contributed by atoms with Crippen LogP contribution in [0.25, 0.3) is 0 Å². The van der Waals surface area contributed by atoms with Gasteiger partial charge in [0, 0.05) is 6.54 Å². The minimum absolute atomic E-state index is 0.00459. The highest BCUT2D eigenvalue weighted by Crippen LogP contribution is 2.33. The molecule has 5 heteroatoms. The van der Waals surface area contributed by atoms with Gasteiger partial charge in [-0.2, -0.15) is 0 Å². The van der Waals surface area contributed by atoms with Crippen LogP contribution in [0.15, 0.2) is 18.2 Å². The summed E-state index contributed by atoms with van der Waals surface area (Å²) in [4.78, 5) is 24.7. The van der Waals surface area contributed by atoms with Crippen LogP contribution < -0.4 is 10.2 Å². The number of likely N-dealkylation sites (N-methyl/N-ethyl adjacent to an activating group) is 1. The number of fused-ring (bicyclic) bond motifs is 1. The number of carbonyl (C=O) groups is 2. The maximum absolute atomic E-state index is 12.1. The normalized spacial score (nSPS) is 18.2. The third-order valence-corrected chi connectivity index (χ3v) is 3.15. The number of carboxylic acids is 1. The molecule has 0 bridgehead atoms. The number of benzene rings is 1. The van der Waals surface area contributed by atoms with Crippen LogP contribution in [0, 0.1) is 0 Å². The Labute approximate surface area is 105 Å². The molecule has 1 heterocycles. The zero-order valence-electron chi connectivity index (χ0n) is 10.4. The lowest BCUT2D eigenvalue weighted by molar-refractivity contribution is -0.119. The lowest BCUT2D eigenvalue weighted by atomic mass is 10.0. The van der Waals surface area contributed by atoms with Crippen LogP contribution >= 0.6 is 0 Å². The van der Waals surface area contributed by atoms with Crippen molar-refractivity contribution in [3.8, 4) is 0 Å². The van der Waals surface area contributed by atoms with Gasteiger partial charge in [0.25, 0.3) is 0 Å². The standard InChI is InChI=1S/C13H16N2O3/c1-3-9-12(16)15(4-2)11-7-8(13(17)18)5-6-10(11)14-9/h5-7,9,14H,3-4H2,1-2H3,(H,17,18). The molecule has 1 aromatic rings. The van der Waals surface area contributed by atoms with Crippen molar-refractivity contribution >= 4 is 23.3 Å². The SMILES string of the molecule is CCC1Nc2ccc(C(=O)O)cc2N(CC)C1=O. The topological polar surface area (TPSA) is 69.6 Å². The molecule has 0 fully saturated rings. The Bertz CT molecular complexity index is 499. The number of hydrogen-bond donors (Lipinski definition) is 2. The summed E-state index contributed by atoms with van der Waals surface area (Å²) in [5, 5.41) is 12.1. The van der Waals surface area contributed by atoms with E-state index in [2.05, 4.69) is 5.32 Å². The molecule has 0 aromatic heterocycles. The summed E-state index contributed by atoms with van der Waals surface area (Å²) in [6.07, 6.45) is 0.704. The van der Waals surface area contributed by atoms with Gasteiger partial charge in [0.15, 0.2) is 0 Å². The summed E-state index contributed by atoms with van der Waals surface area (Å²) in [7, 11) is 0. The number of aromatic carboxylic acids is 1. The van der Waals surface area contributed by atoms with Crippen LogP contribution in [0.5, 0.6) is 0 Å². The largest absolute Gasteiger partial charge is 0.478 e. The van der Waals surface area contributed by atoms with Gasteiger partial charge < -0.3 is 15.3 Å². The van der Waals surface area contributed by atoms with Gasteiger partial charge in [-0.15, -0.1) is 0 Å². The summed E-state index contributed by atoms with van der Waals surface area (Å²) in [5.74, 6) is -0.992. The molecule has 0 saturated heterocycles. The quantitative estimate of drug-likeness (QED) is 0.857. The van der Waals surface area contributed by atoms with Gasteiger partial charge >= 0.3 is 5.97 Å². The van der Waals surface area contributed by atoms with E-state index in [-0.39, 0.29) is 17.5 Å². The minimum Gasteiger partial charge on any atom is -0.478 e. The van der Waals surface area contributed by atoms with Crippen LogP contribution in [-0.2, 0) is 4.79 Å². The summed E-state index contributed by atoms with van der Waals surface area (Å²) in [5.41, 5.74) is 1.65. The molecule has 1 unspecified atom stereocenters. The van der Waals surface area contributed by atoms with Gasteiger partial charge in [-0.3, -0.25) is 4.79 Å². The third kappa shape index (κ3) is 1.92. The molecule has 2 rings (SSSR count). The second-order valence-electron chi connectivity index (χ2n) is 4.22. The first-order valence-electron chi connectivity index (χ1n) is 6.03. The van der Waals surface area contributed by atoms with Crippen LogP contribution in [0.2, 0.25) is 0 Å². The summed E-state index contributed by atoms with van der Waals surface area (Å²) in [6, 6.07) is 4.58. The molecule has 1 aliphatic rings. The number of carboxylic acid groups (broad SMARTS) is 1. The van der Waals surface area contributed by atoms with Crippen molar-refractivity contribution in [2.75, 3.05) is 16.8 Å². The Morgan fingerprint density at radius 1 is 1.44 bits per heavy atom. The monoisotopic (exact) mass is 248 g/mol. The molecule has 2 N–H and O–H groups in total. The predicted molar refractivity (Wildman–Crippen MR) is 69.1 cm³/mol. The molecule has 0 aliphatic carbocycles. The Hall–Kier alpha value is -2.04. The van der Waals surface area contributed by atoms with Gasteiger partial charge in [-0.05, 0) is 31.5 Å². The Morgan fingerprint density at radius 3 is 2.72 bits per heavy atom. The van der Waals surface area contributed by atoms with E-state index in [1.165, 1.54) is 6.07 Å². The van der Waals surface area contributed by atoms with Crippen LogP contribution in [-0.4, -0.2) is 29.6 Å². The van der Waals surface area contributed by atoms with Crippen LogP contribution in [0.1, 0.15) is 30.6 Å². The van der Waals surface area contributed by atoms with Gasteiger partial charge in [0.2, 0.25) is 5.91 Å². The van der Waals surface area contributed by atoms with Gasteiger partial charge in [-0.25, -0.2) is 4.79 Å². The molecule has 1 amide bonds. The van der Waals surface area contributed by atoms with Crippen molar-refractivity contribution < 1.29 is 14.7 Å².